The first-order valence-corrected chi connectivity index (χ1v) is 6.05. The maximum absolute atomic E-state index is 13.7. The van der Waals surface area contributed by atoms with Gasteiger partial charge in [-0.25, -0.2) is 9.18 Å². The zero-order valence-corrected chi connectivity index (χ0v) is 10.9. The van der Waals surface area contributed by atoms with Crippen LogP contribution in [-0.4, -0.2) is 35.0 Å². The summed E-state index contributed by atoms with van der Waals surface area (Å²) in [6.07, 6.45) is -1.38. The number of carboxylic acid groups (broad SMARTS) is 1. The van der Waals surface area contributed by atoms with Crippen molar-refractivity contribution in [1.82, 2.24) is 5.32 Å². The van der Waals surface area contributed by atoms with E-state index in [1.54, 1.807) is 20.8 Å². The lowest BCUT2D eigenvalue weighted by Gasteiger charge is -2.31. The van der Waals surface area contributed by atoms with Crippen LogP contribution < -0.4 is 5.32 Å². The summed E-state index contributed by atoms with van der Waals surface area (Å²) in [7, 11) is 0. The molecule has 0 unspecified atom stereocenters. The van der Waals surface area contributed by atoms with Crippen molar-refractivity contribution >= 4 is 12.1 Å². The highest BCUT2D eigenvalue weighted by Crippen LogP contribution is 2.27. The Labute approximate surface area is 106 Å². The third-order valence-corrected chi connectivity index (χ3v) is 2.82. The number of ether oxygens (including phenoxy) is 1. The fourth-order valence-electron chi connectivity index (χ4n) is 1.96. The van der Waals surface area contributed by atoms with Gasteiger partial charge in [0.15, 0.2) is 0 Å². The van der Waals surface area contributed by atoms with Gasteiger partial charge >= 0.3 is 12.1 Å². The normalized spacial score (nSPS) is 28.6. The average molecular weight is 261 g/mol. The fourth-order valence-corrected chi connectivity index (χ4v) is 1.96. The summed E-state index contributed by atoms with van der Waals surface area (Å²) in [5, 5.41) is 11.3. The Balaban J connectivity index is 2.45. The van der Waals surface area contributed by atoms with Crippen molar-refractivity contribution in [3.63, 3.8) is 0 Å². The van der Waals surface area contributed by atoms with Crippen LogP contribution in [-0.2, 0) is 9.53 Å². The maximum Gasteiger partial charge on any atom is 0.407 e. The molecular weight excluding hydrogens is 241 g/mol. The number of carboxylic acids is 1. The lowest BCUT2D eigenvalue weighted by molar-refractivity contribution is -0.143. The van der Waals surface area contributed by atoms with Gasteiger partial charge in [0.25, 0.3) is 0 Å². The summed E-state index contributed by atoms with van der Waals surface area (Å²) in [5.74, 6) is -1.63. The van der Waals surface area contributed by atoms with Crippen LogP contribution in [0.25, 0.3) is 0 Å². The van der Waals surface area contributed by atoms with E-state index in [9.17, 15) is 14.0 Å². The number of rotatable bonds is 2. The maximum atomic E-state index is 13.7. The number of amides is 1. The molecule has 1 aliphatic carbocycles. The Morgan fingerprint density at radius 3 is 2.39 bits per heavy atom. The van der Waals surface area contributed by atoms with Crippen LogP contribution >= 0.6 is 0 Å². The SMILES string of the molecule is CC(C)(C)OC(=O)N[C@H]1CC[C@H](C(=O)O)C[C@H]1F. The van der Waals surface area contributed by atoms with Gasteiger partial charge in [-0.05, 0) is 40.0 Å². The number of aliphatic carboxylic acids is 1. The molecule has 0 aromatic rings. The van der Waals surface area contributed by atoms with E-state index in [1.807, 2.05) is 0 Å². The summed E-state index contributed by atoms with van der Waals surface area (Å²) in [5.41, 5.74) is -0.631. The lowest BCUT2D eigenvalue weighted by atomic mass is 9.85. The molecule has 0 bridgehead atoms. The second-order valence-electron chi connectivity index (χ2n) is 5.62. The molecule has 1 amide bonds. The number of alkyl halides is 1. The minimum atomic E-state index is -1.34. The second-order valence-corrected chi connectivity index (χ2v) is 5.62. The van der Waals surface area contributed by atoms with Gasteiger partial charge in [0.2, 0.25) is 0 Å². The van der Waals surface area contributed by atoms with Crippen molar-refractivity contribution < 1.29 is 23.8 Å². The summed E-state index contributed by atoms with van der Waals surface area (Å²) < 4.78 is 18.7. The van der Waals surface area contributed by atoms with Crippen LogP contribution in [0.15, 0.2) is 0 Å². The Bertz CT molecular complexity index is 327. The number of hydrogen-bond donors (Lipinski definition) is 2. The standard InChI is InChI=1S/C12H20FNO4/c1-12(2,3)18-11(17)14-9-5-4-7(10(15)16)6-8(9)13/h7-9H,4-6H2,1-3H3,(H,14,17)(H,15,16)/t7-,8+,9-/m0/s1. The van der Waals surface area contributed by atoms with E-state index in [0.717, 1.165) is 0 Å². The third kappa shape index (κ3) is 4.50. The number of carbonyl (C=O) groups is 2. The highest BCUT2D eigenvalue weighted by Gasteiger charge is 2.35. The van der Waals surface area contributed by atoms with Crippen LogP contribution in [0.1, 0.15) is 40.0 Å². The molecule has 0 heterocycles. The molecule has 0 radical (unpaired) electrons. The lowest BCUT2D eigenvalue weighted by Crippen LogP contribution is -2.47. The van der Waals surface area contributed by atoms with Crippen LogP contribution in [0.4, 0.5) is 9.18 Å². The van der Waals surface area contributed by atoms with E-state index >= 15 is 0 Å². The Morgan fingerprint density at radius 1 is 1.33 bits per heavy atom. The van der Waals surface area contributed by atoms with Crippen molar-refractivity contribution in [2.75, 3.05) is 0 Å². The summed E-state index contributed by atoms with van der Waals surface area (Å²) in [6, 6.07) is -0.657. The highest BCUT2D eigenvalue weighted by molar-refractivity contribution is 5.70. The third-order valence-electron chi connectivity index (χ3n) is 2.82. The number of alkyl carbamates (subject to hydrolysis) is 1. The van der Waals surface area contributed by atoms with Crippen molar-refractivity contribution in [1.29, 1.82) is 0 Å². The Kier molecular flexibility index (Phi) is 4.53. The minimum Gasteiger partial charge on any atom is -0.481 e. The molecule has 5 nitrogen and oxygen atoms in total. The van der Waals surface area contributed by atoms with E-state index in [-0.39, 0.29) is 6.42 Å². The number of halogens is 1. The molecule has 0 aromatic carbocycles. The second kappa shape index (κ2) is 5.54. The summed E-state index contributed by atoms with van der Waals surface area (Å²) in [6.45, 7) is 5.17. The first-order chi connectivity index (χ1) is 8.19. The van der Waals surface area contributed by atoms with E-state index in [1.165, 1.54) is 0 Å². The topological polar surface area (TPSA) is 75.6 Å². The highest BCUT2D eigenvalue weighted by atomic mass is 19.1. The first kappa shape index (κ1) is 14.7. The minimum absolute atomic E-state index is 0.0597. The van der Waals surface area contributed by atoms with Gasteiger partial charge in [0.1, 0.15) is 11.8 Å². The average Bonchev–Trinajstić information content (AvgIpc) is 2.17. The zero-order chi connectivity index (χ0) is 13.9. The van der Waals surface area contributed by atoms with Gasteiger partial charge in [-0.3, -0.25) is 4.79 Å². The predicted molar refractivity (Wildman–Crippen MR) is 63.0 cm³/mol. The van der Waals surface area contributed by atoms with Crippen LogP contribution in [0.5, 0.6) is 0 Å². The van der Waals surface area contributed by atoms with Gasteiger partial charge in [0.05, 0.1) is 12.0 Å². The van der Waals surface area contributed by atoms with E-state index < -0.39 is 35.8 Å². The largest absolute Gasteiger partial charge is 0.481 e. The number of hydrogen-bond acceptors (Lipinski definition) is 3. The monoisotopic (exact) mass is 261 g/mol. The summed E-state index contributed by atoms with van der Waals surface area (Å²) in [4.78, 5) is 22.2. The Morgan fingerprint density at radius 2 is 1.94 bits per heavy atom. The number of nitrogens with one attached hydrogen (secondary N) is 1. The quantitative estimate of drug-likeness (QED) is 0.798. The number of carbonyl (C=O) groups excluding carboxylic acids is 1. The van der Waals surface area contributed by atoms with E-state index in [2.05, 4.69) is 5.32 Å². The van der Waals surface area contributed by atoms with Crippen molar-refractivity contribution in [2.45, 2.75) is 57.8 Å². The fraction of sp³-hybridized carbons (Fsp3) is 0.833. The molecular formula is C12H20FNO4. The van der Waals surface area contributed by atoms with Crippen LogP contribution in [0.3, 0.4) is 0 Å². The van der Waals surface area contributed by atoms with Gasteiger partial charge in [0, 0.05) is 0 Å². The van der Waals surface area contributed by atoms with Crippen molar-refractivity contribution in [3.8, 4) is 0 Å². The van der Waals surface area contributed by atoms with Gasteiger partial charge in [-0.15, -0.1) is 0 Å². The molecule has 104 valence electrons. The molecule has 0 aromatic heterocycles. The van der Waals surface area contributed by atoms with Crippen molar-refractivity contribution in [3.05, 3.63) is 0 Å². The van der Waals surface area contributed by atoms with Crippen molar-refractivity contribution in [2.24, 2.45) is 5.92 Å². The summed E-state index contributed by atoms with van der Waals surface area (Å²) >= 11 is 0. The van der Waals surface area contributed by atoms with E-state index in [4.69, 9.17) is 9.84 Å². The molecule has 6 heteroatoms. The molecule has 1 rings (SSSR count). The molecule has 1 fully saturated rings. The first-order valence-electron chi connectivity index (χ1n) is 6.05. The predicted octanol–water partition coefficient (Wildman–Crippen LogP) is 2.10. The molecule has 1 saturated carbocycles. The molecule has 0 spiro atoms. The molecule has 3 atom stereocenters. The van der Waals surface area contributed by atoms with Gasteiger partial charge in [-0.1, -0.05) is 0 Å². The smallest absolute Gasteiger partial charge is 0.407 e. The molecule has 1 aliphatic rings. The van der Waals surface area contributed by atoms with Gasteiger partial charge < -0.3 is 15.2 Å². The van der Waals surface area contributed by atoms with Crippen LogP contribution in [0.2, 0.25) is 0 Å². The Hall–Kier alpha value is -1.33. The molecule has 0 aliphatic heterocycles. The molecule has 18 heavy (non-hydrogen) atoms. The van der Waals surface area contributed by atoms with Crippen LogP contribution in [0, 0.1) is 5.92 Å². The van der Waals surface area contributed by atoms with Gasteiger partial charge in [-0.2, -0.15) is 0 Å². The molecule has 2 N–H and O–H groups in total. The van der Waals surface area contributed by atoms with E-state index in [0.29, 0.717) is 12.8 Å². The zero-order valence-electron chi connectivity index (χ0n) is 10.9. The molecule has 0 saturated heterocycles.